The molecule has 164 valence electrons. The first kappa shape index (κ1) is 23.4. The lowest BCUT2D eigenvalue weighted by atomic mass is 9.91. The highest BCUT2D eigenvalue weighted by Gasteiger charge is 2.45. The number of ether oxygens (including phenoxy) is 3. The van der Waals surface area contributed by atoms with Crippen LogP contribution in [0, 0.1) is 0 Å². The minimum atomic E-state index is -1.34. The van der Waals surface area contributed by atoms with Gasteiger partial charge in [0, 0.05) is 6.42 Å². The monoisotopic (exact) mass is 408 g/mol. The molecule has 0 aromatic rings. The molecule has 2 fully saturated rings. The van der Waals surface area contributed by atoms with Crippen LogP contribution in [0.4, 0.5) is 0 Å². The summed E-state index contributed by atoms with van der Waals surface area (Å²) in [6.07, 6.45) is -5.28. The number of rotatable bonds is 9. The number of carboxylic acid groups (broad SMARTS) is 1. The summed E-state index contributed by atoms with van der Waals surface area (Å²) in [5.41, 5.74) is 0. The highest BCUT2D eigenvalue weighted by atomic mass is 16.6. The second-order valence-corrected chi connectivity index (χ2v) is 7.61. The van der Waals surface area contributed by atoms with Gasteiger partial charge in [-0.3, -0.25) is 0 Å². The third kappa shape index (κ3) is 6.07. The first-order valence-corrected chi connectivity index (χ1v) is 9.72. The van der Waals surface area contributed by atoms with Crippen molar-refractivity contribution >= 4 is 5.97 Å². The van der Waals surface area contributed by atoms with Gasteiger partial charge >= 0.3 is 5.97 Å². The molecule has 28 heavy (non-hydrogen) atoms. The van der Waals surface area contributed by atoms with E-state index >= 15 is 0 Å². The Morgan fingerprint density at radius 3 is 2.11 bits per heavy atom. The number of hydrogen-bond donors (Lipinski definition) is 6. The average Bonchev–Trinajstić information content (AvgIpc) is 2.63. The molecule has 0 bridgehead atoms. The normalized spacial score (nSPS) is 41.7. The molecular weight excluding hydrogens is 376 g/mol. The summed E-state index contributed by atoms with van der Waals surface area (Å²) < 4.78 is 16.3. The van der Waals surface area contributed by atoms with Crippen molar-refractivity contribution in [2.24, 2.45) is 0 Å². The van der Waals surface area contributed by atoms with Gasteiger partial charge in [-0.15, -0.1) is 0 Å². The number of hydrogen-bond acceptors (Lipinski definition) is 9. The summed E-state index contributed by atoms with van der Waals surface area (Å²) in [5, 5.41) is 58.5. The third-order valence-electron chi connectivity index (χ3n) is 5.35. The van der Waals surface area contributed by atoms with E-state index in [-0.39, 0.29) is 6.10 Å². The number of aliphatic hydroxyl groups excluding tert-OH is 5. The standard InChI is InChI=1S/C18H32O10/c1-9-6-10(20)15(23)11(27-9)4-2-3-5-12-16(24)18(26-8-14(21)22)17(25)13(7-19)28-12/h9-13,15-20,23-25H,2-8H2,1H3,(H,21,22)/t9-,10+,11?,12?,13+,15-,16-,17-,18+/m0/s1. The Balaban J connectivity index is 1.83. The minimum absolute atomic E-state index is 0.133. The molecule has 0 amide bonds. The Morgan fingerprint density at radius 2 is 1.54 bits per heavy atom. The minimum Gasteiger partial charge on any atom is -0.480 e. The van der Waals surface area contributed by atoms with E-state index in [9.17, 15) is 30.3 Å². The molecule has 0 saturated carbocycles. The Bertz CT molecular complexity index is 489. The first-order valence-electron chi connectivity index (χ1n) is 9.72. The fraction of sp³-hybridized carbons (Fsp3) is 0.944. The van der Waals surface area contributed by atoms with Crippen molar-refractivity contribution in [3.8, 4) is 0 Å². The molecule has 0 spiro atoms. The predicted octanol–water partition coefficient (Wildman–Crippen LogP) is -1.60. The number of aliphatic carboxylic acids is 1. The number of carboxylic acids is 1. The maximum atomic E-state index is 10.7. The van der Waals surface area contributed by atoms with Gasteiger partial charge in [-0.25, -0.2) is 4.79 Å². The topological polar surface area (TPSA) is 166 Å². The van der Waals surface area contributed by atoms with E-state index in [4.69, 9.17) is 19.3 Å². The van der Waals surface area contributed by atoms with Crippen LogP contribution in [0.15, 0.2) is 0 Å². The van der Waals surface area contributed by atoms with E-state index in [1.807, 2.05) is 6.92 Å². The lowest BCUT2D eigenvalue weighted by molar-refractivity contribution is -0.243. The lowest BCUT2D eigenvalue weighted by Crippen LogP contribution is -2.59. The van der Waals surface area contributed by atoms with Gasteiger partial charge in [0.25, 0.3) is 0 Å². The molecule has 10 heteroatoms. The van der Waals surface area contributed by atoms with Crippen molar-refractivity contribution in [1.82, 2.24) is 0 Å². The van der Waals surface area contributed by atoms with E-state index < -0.39 is 68.0 Å². The second-order valence-electron chi connectivity index (χ2n) is 7.61. The SMILES string of the molecule is C[C@H]1C[C@@H](O)[C@H](O)C(CCCCC2O[C@H](CO)[C@H](O)[C@H](OCC(=O)O)[C@H]2O)O1. The van der Waals surface area contributed by atoms with Crippen molar-refractivity contribution in [2.45, 2.75) is 94.0 Å². The van der Waals surface area contributed by atoms with Crippen LogP contribution in [0.25, 0.3) is 0 Å². The van der Waals surface area contributed by atoms with Crippen LogP contribution in [0.2, 0.25) is 0 Å². The average molecular weight is 408 g/mol. The molecule has 2 aliphatic rings. The highest BCUT2D eigenvalue weighted by molar-refractivity contribution is 5.68. The first-order chi connectivity index (χ1) is 13.2. The van der Waals surface area contributed by atoms with Gasteiger partial charge in [0.05, 0.1) is 31.0 Å². The van der Waals surface area contributed by atoms with E-state index in [0.29, 0.717) is 32.1 Å². The summed E-state index contributed by atoms with van der Waals surface area (Å²) >= 11 is 0. The van der Waals surface area contributed by atoms with Crippen molar-refractivity contribution in [3.05, 3.63) is 0 Å². The number of unbranched alkanes of at least 4 members (excludes halogenated alkanes) is 1. The smallest absolute Gasteiger partial charge is 0.329 e. The molecule has 0 radical (unpaired) electrons. The van der Waals surface area contributed by atoms with Gasteiger partial charge in [0.2, 0.25) is 0 Å². The van der Waals surface area contributed by atoms with Crippen LogP contribution in [0.3, 0.4) is 0 Å². The molecular formula is C18H32O10. The summed E-state index contributed by atoms with van der Waals surface area (Å²) in [7, 11) is 0. The van der Waals surface area contributed by atoms with Gasteiger partial charge in [-0.1, -0.05) is 12.8 Å². The van der Waals surface area contributed by atoms with Crippen LogP contribution in [-0.4, -0.2) is 105 Å². The van der Waals surface area contributed by atoms with Crippen LogP contribution < -0.4 is 0 Å². The fourth-order valence-electron chi connectivity index (χ4n) is 3.86. The molecule has 0 aromatic heterocycles. The van der Waals surface area contributed by atoms with Crippen molar-refractivity contribution < 1.29 is 49.6 Å². The Hall–Kier alpha value is -0.850. The van der Waals surface area contributed by atoms with Gasteiger partial charge in [-0.2, -0.15) is 0 Å². The maximum absolute atomic E-state index is 10.7. The van der Waals surface area contributed by atoms with Crippen LogP contribution in [0.1, 0.15) is 39.0 Å². The van der Waals surface area contributed by atoms with E-state index in [1.54, 1.807) is 0 Å². The Morgan fingerprint density at radius 1 is 0.964 bits per heavy atom. The fourth-order valence-corrected chi connectivity index (χ4v) is 3.86. The summed E-state index contributed by atoms with van der Waals surface area (Å²) in [5.74, 6) is -1.23. The summed E-state index contributed by atoms with van der Waals surface area (Å²) in [6.45, 7) is 0.669. The largest absolute Gasteiger partial charge is 0.480 e. The molecule has 2 heterocycles. The maximum Gasteiger partial charge on any atom is 0.329 e. The molecule has 2 aliphatic heterocycles. The van der Waals surface area contributed by atoms with Crippen LogP contribution in [-0.2, 0) is 19.0 Å². The van der Waals surface area contributed by atoms with Crippen molar-refractivity contribution in [3.63, 3.8) is 0 Å². The van der Waals surface area contributed by atoms with Crippen molar-refractivity contribution in [2.75, 3.05) is 13.2 Å². The molecule has 9 atom stereocenters. The molecule has 2 rings (SSSR count). The molecule has 6 N–H and O–H groups in total. The molecule has 0 aliphatic carbocycles. The summed E-state index contributed by atoms with van der Waals surface area (Å²) in [4.78, 5) is 10.7. The van der Waals surface area contributed by atoms with Crippen LogP contribution in [0.5, 0.6) is 0 Å². The zero-order chi connectivity index (χ0) is 20.8. The molecule has 2 unspecified atom stereocenters. The molecule has 0 aromatic carbocycles. The van der Waals surface area contributed by atoms with Gasteiger partial charge in [0.15, 0.2) is 0 Å². The van der Waals surface area contributed by atoms with E-state index in [2.05, 4.69) is 0 Å². The van der Waals surface area contributed by atoms with Gasteiger partial charge in [0.1, 0.15) is 37.1 Å². The zero-order valence-corrected chi connectivity index (χ0v) is 16.0. The number of carbonyl (C=O) groups is 1. The van der Waals surface area contributed by atoms with E-state index in [1.165, 1.54) is 0 Å². The Labute approximate surface area is 163 Å². The lowest BCUT2D eigenvalue weighted by Gasteiger charge is -2.42. The number of aliphatic hydroxyl groups is 5. The predicted molar refractivity (Wildman–Crippen MR) is 94.6 cm³/mol. The summed E-state index contributed by atoms with van der Waals surface area (Å²) in [6, 6.07) is 0. The zero-order valence-electron chi connectivity index (χ0n) is 16.0. The Kier molecular flexibility index (Phi) is 9.03. The van der Waals surface area contributed by atoms with Crippen molar-refractivity contribution in [1.29, 1.82) is 0 Å². The highest BCUT2D eigenvalue weighted by Crippen LogP contribution is 2.28. The third-order valence-corrected chi connectivity index (χ3v) is 5.35. The van der Waals surface area contributed by atoms with Gasteiger partial charge in [-0.05, 0) is 19.8 Å². The second kappa shape index (κ2) is 10.8. The van der Waals surface area contributed by atoms with E-state index in [0.717, 1.165) is 0 Å². The van der Waals surface area contributed by atoms with Crippen LogP contribution >= 0.6 is 0 Å². The quantitative estimate of drug-likeness (QED) is 0.245. The van der Waals surface area contributed by atoms with Gasteiger partial charge < -0.3 is 44.8 Å². The molecule has 10 nitrogen and oxygen atoms in total. The molecule has 2 saturated heterocycles.